The molecular formula is C31H30F4N6O2. The van der Waals surface area contributed by atoms with Gasteiger partial charge in [0, 0.05) is 42.0 Å². The normalized spacial score (nSPS) is 14.8. The van der Waals surface area contributed by atoms with Crippen LogP contribution in [0.4, 0.5) is 28.2 Å². The number of rotatable bonds is 5. The van der Waals surface area contributed by atoms with Gasteiger partial charge in [0.25, 0.3) is 0 Å². The number of ether oxygens (including phenoxy) is 1. The molecule has 1 amide bonds. The van der Waals surface area contributed by atoms with Crippen LogP contribution in [0.1, 0.15) is 57.1 Å². The smallest absolute Gasteiger partial charge is 0.444 e. The first-order valence-electron chi connectivity index (χ1n) is 13.7. The molecule has 4 aromatic rings. The Morgan fingerprint density at radius 3 is 2.30 bits per heavy atom. The van der Waals surface area contributed by atoms with Crippen molar-refractivity contribution < 1.29 is 27.1 Å². The second-order valence-electron chi connectivity index (χ2n) is 11.3. The molecule has 0 aliphatic carbocycles. The summed E-state index contributed by atoms with van der Waals surface area (Å²) in [6.07, 6.45) is 1.18. The predicted octanol–water partition coefficient (Wildman–Crippen LogP) is 7.44. The lowest BCUT2D eigenvalue weighted by molar-refractivity contribution is -0.145. The van der Waals surface area contributed by atoms with Crippen LogP contribution in [0, 0.1) is 5.82 Å². The molecule has 43 heavy (non-hydrogen) atoms. The summed E-state index contributed by atoms with van der Waals surface area (Å²) in [6.45, 7) is 8.03. The lowest BCUT2D eigenvalue weighted by Gasteiger charge is -2.30. The lowest BCUT2D eigenvalue weighted by Crippen LogP contribution is -2.39. The number of benzene rings is 2. The minimum atomic E-state index is -4.64. The van der Waals surface area contributed by atoms with Crippen LogP contribution >= 0.6 is 0 Å². The van der Waals surface area contributed by atoms with Crippen LogP contribution in [0.3, 0.4) is 0 Å². The fourth-order valence-corrected chi connectivity index (χ4v) is 4.74. The number of carbonyl (C=O) groups is 1. The van der Waals surface area contributed by atoms with Crippen molar-refractivity contribution >= 4 is 28.4 Å². The Morgan fingerprint density at radius 1 is 1.00 bits per heavy atom. The highest BCUT2D eigenvalue weighted by molar-refractivity contribution is 6.00. The van der Waals surface area contributed by atoms with Crippen LogP contribution in [-0.4, -0.2) is 49.6 Å². The third-order valence-corrected chi connectivity index (χ3v) is 6.90. The van der Waals surface area contributed by atoms with Crippen molar-refractivity contribution in [3.05, 3.63) is 84.0 Å². The van der Waals surface area contributed by atoms with Gasteiger partial charge in [-0.1, -0.05) is 18.2 Å². The number of alkyl halides is 3. The van der Waals surface area contributed by atoms with Gasteiger partial charge in [0.15, 0.2) is 0 Å². The summed E-state index contributed by atoms with van der Waals surface area (Å²) in [5.41, 5.74) is 3.85. The van der Waals surface area contributed by atoms with Crippen molar-refractivity contribution in [3.8, 4) is 11.1 Å². The van der Waals surface area contributed by atoms with E-state index in [1.54, 1.807) is 24.0 Å². The van der Waals surface area contributed by atoms with E-state index in [9.17, 15) is 22.4 Å². The summed E-state index contributed by atoms with van der Waals surface area (Å²) < 4.78 is 58.1. The Morgan fingerprint density at radius 2 is 1.70 bits per heavy atom. The van der Waals surface area contributed by atoms with Crippen LogP contribution in [0.25, 0.3) is 27.6 Å². The van der Waals surface area contributed by atoms with Gasteiger partial charge in [0.1, 0.15) is 23.6 Å². The maximum Gasteiger partial charge on any atom is 0.451 e. The molecule has 0 spiro atoms. The quantitative estimate of drug-likeness (QED) is 0.240. The standard InChI is InChI=1S/C31H30F4N6O2/c1-18(22-15-36-28(37-16-22)31(33,34)35)40-27-25-14-21(19-5-7-23(32)8-6-19)13-24(26(25)38-17-39-27)20-9-11-41(12-10-20)29(42)43-30(2,3)4/h5-9,13-18H,10-12H2,1-4H3,(H,38,39,40)/t18-/m1/s1. The number of halogens is 4. The highest BCUT2D eigenvalue weighted by Gasteiger charge is 2.34. The molecule has 1 aliphatic rings. The molecule has 0 unspecified atom stereocenters. The zero-order valence-corrected chi connectivity index (χ0v) is 24.0. The van der Waals surface area contributed by atoms with E-state index in [0.717, 1.165) is 34.7 Å². The zero-order chi connectivity index (χ0) is 30.9. The van der Waals surface area contributed by atoms with Crippen molar-refractivity contribution in [1.82, 2.24) is 24.8 Å². The second kappa shape index (κ2) is 11.6. The average Bonchev–Trinajstić information content (AvgIpc) is 2.96. The van der Waals surface area contributed by atoms with Crippen LogP contribution in [0.2, 0.25) is 0 Å². The maximum absolute atomic E-state index is 13.7. The van der Waals surface area contributed by atoms with E-state index in [0.29, 0.717) is 41.8 Å². The van der Waals surface area contributed by atoms with Gasteiger partial charge in [-0.2, -0.15) is 13.2 Å². The monoisotopic (exact) mass is 594 g/mol. The molecule has 2 aromatic heterocycles. The van der Waals surface area contributed by atoms with Gasteiger partial charge in [-0.15, -0.1) is 0 Å². The van der Waals surface area contributed by atoms with Crippen LogP contribution in [0.5, 0.6) is 0 Å². The number of amides is 1. The highest BCUT2D eigenvalue weighted by atomic mass is 19.4. The number of hydrogen-bond acceptors (Lipinski definition) is 7. The number of fused-ring (bicyclic) bond motifs is 1. The Labute approximate surface area is 245 Å². The minimum absolute atomic E-state index is 0.355. The van der Waals surface area contributed by atoms with Gasteiger partial charge < -0.3 is 15.0 Å². The molecule has 0 fully saturated rings. The first kappa shape index (κ1) is 29.9. The molecule has 1 N–H and O–H groups in total. The molecule has 12 heteroatoms. The molecule has 0 radical (unpaired) electrons. The largest absolute Gasteiger partial charge is 0.451 e. The summed E-state index contributed by atoms with van der Waals surface area (Å²) in [6, 6.07) is 9.50. The molecule has 2 aromatic carbocycles. The van der Waals surface area contributed by atoms with Gasteiger partial charge in [0.05, 0.1) is 11.6 Å². The van der Waals surface area contributed by atoms with E-state index < -0.39 is 23.6 Å². The van der Waals surface area contributed by atoms with E-state index in [1.165, 1.54) is 18.5 Å². The first-order chi connectivity index (χ1) is 20.3. The number of carbonyl (C=O) groups excluding carboxylic acids is 1. The predicted molar refractivity (Wildman–Crippen MR) is 154 cm³/mol. The van der Waals surface area contributed by atoms with Crippen LogP contribution < -0.4 is 5.32 Å². The third kappa shape index (κ3) is 6.90. The number of anilines is 1. The minimum Gasteiger partial charge on any atom is -0.444 e. The Bertz CT molecular complexity index is 1670. The molecule has 224 valence electrons. The fourth-order valence-electron chi connectivity index (χ4n) is 4.74. The number of aromatic nitrogens is 4. The summed E-state index contributed by atoms with van der Waals surface area (Å²) in [5, 5.41) is 3.92. The average molecular weight is 595 g/mol. The topological polar surface area (TPSA) is 93.1 Å². The molecule has 0 saturated carbocycles. The van der Waals surface area contributed by atoms with E-state index in [4.69, 9.17) is 4.74 Å². The Kier molecular flexibility index (Phi) is 8.04. The van der Waals surface area contributed by atoms with Gasteiger partial charge in [0.2, 0.25) is 5.82 Å². The van der Waals surface area contributed by atoms with Gasteiger partial charge in [-0.05, 0) is 75.1 Å². The molecule has 1 atom stereocenters. The van der Waals surface area contributed by atoms with Crippen molar-refractivity contribution in [2.75, 3.05) is 18.4 Å². The summed E-state index contributed by atoms with van der Waals surface area (Å²) in [7, 11) is 0. The Balaban J connectivity index is 1.53. The van der Waals surface area contributed by atoms with Crippen molar-refractivity contribution in [2.24, 2.45) is 0 Å². The molecular weight excluding hydrogens is 564 g/mol. The SMILES string of the molecule is C[C@@H](Nc1ncnc2c(C3=CCN(C(=O)OC(C)(C)C)CC3)cc(-c3ccc(F)cc3)cc12)c1cnc(C(F)(F)F)nc1. The third-order valence-electron chi connectivity index (χ3n) is 6.90. The van der Waals surface area contributed by atoms with E-state index in [2.05, 4.69) is 25.3 Å². The summed E-state index contributed by atoms with van der Waals surface area (Å²) in [5.74, 6) is -1.12. The van der Waals surface area contributed by atoms with Gasteiger partial charge in [-0.25, -0.2) is 29.1 Å². The van der Waals surface area contributed by atoms with Gasteiger partial charge >= 0.3 is 12.3 Å². The zero-order valence-electron chi connectivity index (χ0n) is 24.0. The van der Waals surface area contributed by atoms with E-state index in [1.807, 2.05) is 39.0 Å². The van der Waals surface area contributed by atoms with Gasteiger partial charge in [-0.3, -0.25) is 0 Å². The maximum atomic E-state index is 13.7. The molecule has 1 aliphatic heterocycles. The van der Waals surface area contributed by atoms with E-state index >= 15 is 0 Å². The first-order valence-corrected chi connectivity index (χ1v) is 13.7. The van der Waals surface area contributed by atoms with Crippen molar-refractivity contribution in [1.29, 1.82) is 0 Å². The summed E-state index contributed by atoms with van der Waals surface area (Å²) in [4.78, 5) is 30.2. The molecule has 8 nitrogen and oxygen atoms in total. The summed E-state index contributed by atoms with van der Waals surface area (Å²) >= 11 is 0. The molecule has 0 bridgehead atoms. The Hall–Kier alpha value is -4.61. The molecule has 0 saturated heterocycles. The van der Waals surface area contributed by atoms with E-state index in [-0.39, 0.29) is 11.9 Å². The van der Waals surface area contributed by atoms with Crippen LogP contribution in [0.15, 0.2) is 61.2 Å². The number of hydrogen-bond donors (Lipinski definition) is 1. The second-order valence-corrected chi connectivity index (χ2v) is 11.3. The fraction of sp³-hybridized carbons (Fsp3) is 0.323. The number of nitrogens with zero attached hydrogens (tertiary/aromatic N) is 5. The highest BCUT2D eigenvalue weighted by Crippen LogP contribution is 2.36. The molecule has 5 rings (SSSR count). The van der Waals surface area contributed by atoms with Crippen molar-refractivity contribution in [3.63, 3.8) is 0 Å². The van der Waals surface area contributed by atoms with Crippen LogP contribution in [-0.2, 0) is 10.9 Å². The van der Waals surface area contributed by atoms with Crippen molar-refractivity contribution in [2.45, 2.75) is 51.9 Å². The molecule has 3 heterocycles. The number of nitrogens with one attached hydrogen (secondary N) is 1. The lowest BCUT2D eigenvalue weighted by atomic mass is 9.92.